The zero-order chi connectivity index (χ0) is 14.5. The van der Waals surface area contributed by atoms with Crippen LogP contribution in [0.5, 0.6) is 5.75 Å². The highest BCUT2D eigenvalue weighted by molar-refractivity contribution is 7.91. The fraction of sp³-hybridized carbons (Fsp3) is 0.417. The van der Waals surface area contributed by atoms with E-state index in [0.29, 0.717) is 0 Å². The topological polar surface area (TPSA) is 89.9 Å². The summed E-state index contributed by atoms with van der Waals surface area (Å²) in [6.45, 7) is 1.95. The molecule has 6 nitrogen and oxygen atoms in total. The maximum Gasteiger partial charge on any atom is 0.339 e. The van der Waals surface area contributed by atoms with Crippen molar-refractivity contribution in [1.29, 1.82) is 0 Å². The Balaban J connectivity index is 3.15. The van der Waals surface area contributed by atoms with Crippen molar-refractivity contribution in [3.63, 3.8) is 0 Å². The largest absolute Gasteiger partial charge is 0.490 e. The second-order valence-electron chi connectivity index (χ2n) is 3.71. The van der Waals surface area contributed by atoms with Gasteiger partial charge >= 0.3 is 5.97 Å². The van der Waals surface area contributed by atoms with E-state index in [1.807, 2.05) is 0 Å². The van der Waals surface area contributed by atoms with E-state index in [-0.39, 0.29) is 35.2 Å². The number of sulfone groups is 1. The van der Waals surface area contributed by atoms with Gasteiger partial charge in [0.1, 0.15) is 17.9 Å². The summed E-state index contributed by atoms with van der Waals surface area (Å²) in [5.41, 5.74) is -0.0776. The molecular formula is C12H16O6S. The van der Waals surface area contributed by atoms with Gasteiger partial charge in [-0.15, -0.1) is 0 Å². The lowest BCUT2D eigenvalue weighted by Crippen LogP contribution is -2.10. The Kier molecular flexibility index (Phi) is 5.31. The summed E-state index contributed by atoms with van der Waals surface area (Å²) in [6, 6.07) is 3.73. The van der Waals surface area contributed by atoms with Gasteiger partial charge in [-0.25, -0.2) is 13.2 Å². The van der Waals surface area contributed by atoms with Crippen LogP contribution in [0.25, 0.3) is 0 Å². The lowest BCUT2D eigenvalue weighted by molar-refractivity contribution is 0.0689. The first-order chi connectivity index (χ1) is 8.92. The molecule has 7 heteroatoms. The Bertz CT molecular complexity index is 549. The van der Waals surface area contributed by atoms with Crippen LogP contribution in [0.15, 0.2) is 23.1 Å². The van der Waals surface area contributed by atoms with Gasteiger partial charge in [0.25, 0.3) is 0 Å². The molecule has 1 aromatic carbocycles. The van der Waals surface area contributed by atoms with Crippen LogP contribution in [0.1, 0.15) is 17.3 Å². The minimum atomic E-state index is -3.40. The number of aromatic carboxylic acids is 1. The van der Waals surface area contributed by atoms with E-state index in [9.17, 15) is 13.2 Å². The molecule has 0 spiro atoms. The molecule has 0 bridgehead atoms. The van der Waals surface area contributed by atoms with Gasteiger partial charge in [0.15, 0.2) is 9.84 Å². The molecule has 0 amide bonds. The van der Waals surface area contributed by atoms with E-state index >= 15 is 0 Å². The predicted molar refractivity (Wildman–Crippen MR) is 68.5 cm³/mol. The van der Waals surface area contributed by atoms with E-state index in [1.54, 1.807) is 0 Å². The Labute approximate surface area is 111 Å². The first-order valence-electron chi connectivity index (χ1n) is 5.64. The van der Waals surface area contributed by atoms with E-state index < -0.39 is 15.8 Å². The lowest BCUT2D eigenvalue weighted by atomic mass is 10.2. The number of benzene rings is 1. The fourth-order valence-corrected chi connectivity index (χ4v) is 2.29. The predicted octanol–water partition coefficient (Wildman–Crippen LogP) is 1.20. The Morgan fingerprint density at radius 2 is 2.00 bits per heavy atom. The zero-order valence-corrected chi connectivity index (χ0v) is 11.6. The van der Waals surface area contributed by atoms with Crippen molar-refractivity contribution in [2.45, 2.75) is 11.8 Å². The molecule has 0 fully saturated rings. The number of carboxylic acid groups (broad SMARTS) is 1. The lowest BCUT2D eigenvalue weighted by Gasteiger charge is -2.10. The minimum absolute atomic E-state index is 0.0269. The molecule has 0 saturated carbocycles. The number of carboxylic acids is 1. The summed E-state index contributed by atoms with van der Waals surface area (Å²) in [4.78, 5) is 11.1. The van der Waals surface area contributed by atoms with Crippen LogP contribution >= 0.6 is 0 Å². The van der Waals surface area contributed by atoms with Crippen LogP contribution in [0.4, 0.5) is 0 Å². The summed E-state index contributed by atoms with van der Waals surface area (Å²) in [5.74, 6) is -1.20. The van der Waals surface area contributed by atoms with Gasteiger partial charge in [-0.2, -0.15) is 0 Å². The normalized spacial score (nSPS) is 11.3. The maximum absolute atomic E-state index is 11.7. The molecule has 1 aromatic rings. The van der Waals surface area contributed by atoms with Crippen molar-refractivity contribution in [2.24, 2.45) is 0 Å². The van der Waals surface area contributed by atoms with Gasteiger partial charge in [0.2, 0.25) is 0 Å². The van der Waals surface area contributed by atoms with Gasteiger partial charge in [-0.05, 0) is 18.2 Å². The molecular weight excluding hydrogens is 272 g/mol. The smallest absolute Gasteiger partial charge is 0.339 e. The van der Waals surface area contributed by atoms with Gasteiger partial charge in [0.05, 0.1) is 17.3 Å². The van der Waals surface area contributed by atoms with Crippen molar-refractivity contribution in [1.82, 2.24) is 0 Å². The molecule has 0 aliphatic heterocycles. The number of ether oxygens (including phenoxy) is 2. The second kappa shape index (κ2) is 6.53. The first kappa shape index (κ1) is 15.5. The molecule has 0 unspecified atom stereocenters. The van der Waals surface area contributed by atoms with E-state index in [2.05, 4.69) is 0 Å². The van der Waals surface area contributed by atoms with Crippen LogP contribution in [-0.4, -0.2) is 45.6 Å². The Morgan fingerprint density at radius 3 is 2.53 bits per heavy atom. The molecule has 0 heterocycles. The van der Waals surface area contributed by atoms with Crippen LogP contribution in [0.3, 0.4) is 0 Å². The molecule has 0 radical (unpaired) electrons. The highest BCUT2D eigenvalue weighted by atomic mass is 32.2. The minimum Gasteiger partial charge on any atom is -0.490 e. The number of hydrogen-bond acceptors (Lipinski definition) is 5. The van der Waals surface area contributed by atoms with Gasteiger partial charge in [0, 0.05) is 7.11 Å². The molecule has 1 N–H and O–H groups in total. The van der Waals surface area contributed by atoms with Crippen molar-refractivity contribution >= 4 is 15.8 Å². The molecule has 0 saturated heterocycles. The third kappa shape index (κ3) is 3.93. The number of methoxy groups -OCH3 is 1. The van der Waals surface area contributed by atoms with Crippen LogP contribution in [0.2, 0.25) is 0 Å². The zero-order valence-electron chi connectivity index (χ0n) is 10.8. The average molecular weight is 288 g/mol. The molecule has 1 rings (SSSR count). The average Bonchev–Trinajstić information content (AvgIpc) is 2.38. The molecule has 0 aliphatic carbocycles. The van der Waals surface area contributed by atoms with E-state index in [1.165, 1.54) is 32.2 Å². The quantitative estimate of drug-likeness (QED) is 0.758. The standard InChI is InChI=1S/C12H16O6S/c1-3-19(15,16)9-4-5-10(12(13)14)11(8-9)18-7-6-17-2/h4-5,8H,3,6-7H2,1-2H3,(H,13,14). The molecule has 106 valence electrons. The molecule has 0 aromatic heterocycles. The molecule has 19 heavy (non-hydrogen) atoms. The SMILES string of the molecule is CCS(=O)(=O)c1ccc(C(=O)O)c(OCCOC)c1. The van der Waals surface area contributed by atoms with E-state index in [4.69, 9.17) is 14.6 Å². The van der Waals surface area contributed by atoms with Crippen LogP contribution < -0.4 is 4.74 Å². The maximum atomic E-state index is 11.7. The van der Waals surface area contributed by atoms with Crippen molar-refractivity contribution in [3.05, 3.63) is 23.8 Å². The van der Waals surface area contributed by atoms with Crippen LogP contribution in [-0.2, 0) is 14.6 Å². The van der Waals surface area contributed by atoms with Crippen molar-refractivity contribution in [2.75, 3.05) is 26.1 Å². The third-order valence-corrected chi connectivity index (χ3v) is 4.20. The van der Waals surface area contributed by atoms with Crippen molar-refractivity contribution in [3.8, 4) is 5.75 Å². The monoisotopic (exact) mass is 288 g/mol. The molecule has 0 atom stereocenters. The van der Waals surface area contributed by atoms with Crippen LogP contribution in [0, 0.1) is 0 Å². The number of rotatable bonds is 7. The third-order valence-electron chi connectivity index (χ3n) is 2.47. The number of hydrogen-bond donors (Lipinski definition) is 1. The van der Waals surface area contributed by atoms with E-state index in [0.717, 1.165) is 0 Å². The summed E-state index contributed by atoms with van der Waals surface area (Å²) in [7, 11) is -1.91. The summed E-state index contributed by atoms with van der Waals surface area (Å²) < 4.78 is 33.5. The number of carbonyl (C=O) groups is 1. The first-order valence-corrected chi connectivity index (χ1v) is 7.29. The Hall–Kier alpha value is -1.60. The second-order valence-corrected chi connectivity index (χ2v) is 5.99. The fourth-order valence-electron chi connectivity index (χ4n) is 1.39. The highest BCUT2D eigenvalue weighted by Gasteiger charge is 2.17. The molecule has 0 aliphatic rings. The highest BCUT2D eigenvalue weighted by Crippen LogP contribution is 2.24. The van der Waals surface area contributed by atoms with Crippen molar-refractivity contribution < 1.29 is 27.8 Å². The van der Waals surface area contributed by atoms with Gasteiger partial charge in [-0.3, -0.25) is 0 Å². The Morgan fingerprint density at radius 1 is 1.32 bits per heavy atom. The summed E-state index contributed by atoms with van der Waals surface area (Å²) in [5, 5.41) is 9.01. The summed E-state index contributed by atoms with van der Waals surface area (Å²) in [6.07, 6.45) is 0. The van der Waals surface area contributed by atoms with Gasteiger partial charge < -0.3 is 14.6 Å². The summed E-state index contributed by atoms with van der Waals surface area (Å²) >= 11 is 0. The van der Waals surface area contributed by atoms with Gasteiger partial charge in [-0.1, -0.05) is 6.92 Å².